The Balaban J connectivity index is 2.75. The number of phenolic OH excluding ortho intramolecular Hbond substituents is 1. The van der Waals surface area contributed by atoms with Crippen molar-refractivity contribution in [3.05, 3.63) is 29.8 Å². The van der Waals surface area contributed by atoms with E-state index in [0.717, 1.165) is 0 Å². The van der Waals surface area contributed by atoms with Gasteiger partial charge in [-0.15, -0.1) is 0 Å². The van der Waals surface area contributed by atoms with Crippen LogP contribution in [0.2, 0.25) is 0 Å². The zero-order valence-electron chi connectivity index (χ0n) is 8.25. The summed E-state index contributed by atoms with van der Waals surface area (Å²) in [5, 5.41) is 20.1. The van der Waals surface area contributed by atoms with Gasteiger partial charge in [0.05, 0.1) is 0 Å². The lowest BCUT2D eigenvalue weighted by Gasteiger charge is -2.11. The molecule has 0 fully saturated rings. The maximum Gasteiger partial charge on any atom is 0.327 e. The van der Waals surface area contributed by atoms with Crippen LogP contribution in [0.4, 0.5) is 0 Å². The molecule has 1 aromatic carbocycles. The number of aromatic hydroxyl groups is 1. The summed E-state index contributed by atoms with van der Waals surface area (Å²) in [6.45, 7) is 0. The summed E-state index contributed by atoms with van der Waals surface area (Å²) in [5.41, 5.74) is 0.202. The fourth-order valence-electron chi connectivity index (χ4n) is 1.07. The van der Waals surface area contributed by atoms with Gasteiger partial charge < -0.3 is 15.5 Å². The van der Waals surface area contributed by atoms with Crippen LogP contribution in [0.3, 0.4) is 0 Å². The smallest absolute Gasteiger partial charge is 0.327 e. The zero-order valence-corrected chi connectivity index (χ0v) is 9.15. The molecule has 0 spiro atoms. The summed E-state index contributed by atoms with van der Waals surface area (Å²) in [6.07, 6.45) is 0. The molecular formula is C10H11NO4S. The monoisotopic (exact) mass is 241 g/mol. The third kappa shape index (κ3) is 3.16. The summed E-state index contributed by atoms with van der Waals surface area (Å²) in [7, 11) is 0. The first kappa shape index (κ1) is 12.4. The lowest BCUT2D eigenvalue weighted by molar-refractivity contribution is -0.138. The van der Waals surface area contributed by atoms with E-state index in [0.29, 0.717) is 0 Å². The number of hydrogen-bond acceptors (Lipinski definition) is 4. The van der Waals surface area contributed by atoms with Gasteiger partial charge in [0.1, 0.15) is 11.8 Å². The molecule has 0 aromatic heterocycles. The number of thiol groups is 1. The van der Waals surface area contributed by atoms with E-state index in [-0.39, 0.29) is 17.1 Å². The zero-order chi connectivity index (χ0) is 12.1. The fraction of sp³-hybridized carbons (Fsp3) is 0.200. The average molecular weight is 241 g/mol. The van der Waals surface area contributed by atoms with Gasteiger partial charge in [-0.3, -0.25) is 4.79 Å². The molecule has 0 saturated carbocycles. The Kier molecular flexibility index (Phi) is 4.19. The van der Waals surface area contributed by atoms with Crippen LogP contribution in [0.1, 0.15) is 10.4 Å². The third-order valence-electron chi connectivity index (χ3n) is 1.89. The molecule has 0 saturated heterocycles. The molecule has 5 nitrogen and oxygen atoms in total. The molecule has 0 radical (unpaired) electrons. The van der Waals surface area contributed by atoms with Crippen LogP contribution in [0, 0.1) is 0 Å². The average Bonchev–Trinajstić information content (AvgIpc) is 2.25. The Morgan fingerprint density at radius 3 is 2.62 bits per heavy atom. The minimum Gasteiger partial charge on any atom is -0.508 e. The van der Waals surface area contributed by atoms with Crippen LogP contribution >= 0.6 is 12.6 Å². The number of carboxylic acids is 1. The van der Waals surface area contributed by atoms with Crippen molar-refractivity contribution in [1.82, 2.24) is 5.32 Å². The van der Waals surface area contributed by atoms with Gasteiger partial charge in [-0.2, -0.15) is 12.6 Å². The van der Waals surface area contributed by atoms with Gasteiger partial charge in [-0.1, -0.05) is 6.07 Å². The Morgan fingerprint density at radius 1 is 1.44 bits per heavy atom. The van der Waals surface area contributed by atoms with Gasteiger partial charge in [-0.05, 0) is 18.2 Å². The van der Waals surface area contributed by atoms with E-state index in [1.165, 1.54) is 24.3 Å². The van der Waals surface area contributed by atoms with Gasteiger partial charge in [0, 0.05) is 11.3 Å². The number of hydrogen-bond donors (Lipinski definition) is 4. The van der Waals surface area contributed by atoms with Crippen molar-refractivity contribution in [2.45, 2.75) is 6.04 Å². The maximum absolute atomic E-state index is 11.6. The Bertz CT molecular complexity index is 408. The minimum atomic E-state index is -1.15. The number of benzene rings is 1. The highest BCUT2D eigenvalue weighted by atomic mass is 32.1. The van der Waals surface area contributed by atoms with Gasteiger partial charge in [-0.25, -0.2) is 4.79 Å². The van der Waals surface area contributed by atoms with E-state index in [4.69, 9.17) is 10.2 Å². The summed E-state index contributed by atoms with van der Waals surface area (Å²) < 4.78 is 0. The second-order valence-electron chi connectivity index (χ2n) is 3.10. The first-order chi connectivity index (χ1) is 7.54. The Labute approximate surface area is 97.5 Å². The van der Waals surface area contributed by atoms with E-state index in [1.54, 1.807) is 0 Å². The molecular weight excluding hydrogens is 230 g/mol. The second-order valence-corrected chi connectivity index (χ2v) is 3.46. The van der Waals surface area contributed by atoms with Crippen molar-refractivity contribution in [2.24, 2.45) is 0 Å². The predicted octanol–water partition coefficient (Wildman–Crippen LogP) is 0.505. The quantitative estimate of drug-likeness (QED) is 0.578. The second kappa shape index (κ2) is 5.41. The highest BCUT2D eigenvalue weighted by Crippen LogP contribution is 2.10. The molecule has 86 valence electrons. The van der Waals surface area contributed by atoms with Crippen LogP contribution in [0.15, 0.2) is 24.3 Å². The number of carbonyl (C=O) groups excluding carboxylic acids is 1. The Morgan fingerprint density at radius 2 is 2.12 bits per heavy atom. The lowest BCUT2D eigenvalue weighted by Crippen LogP contribution is -2.42. The van der Waals surface area contributed by atoms with Gasteiger partial charge >= 0.3 is 5.97 Å². The molecule has 0 aliphatic carbocycles. The first-order valence-corrected chi connectivity index (χ1v) is 5.11. The molecule has 0 bridgehead atoms. The standard InChI is InChI=1S/C10H11NO4S/c12-7-3-1-2-6(4-7)9(13)11-8(5-16)10(14)15/h1-4,8,12,16H,5H2,(H,11,13)(H,14,15). The summed E-state index contributed by atoms with van der Waals surface area (Å²) in [4.78, 5) is 22.2. The molecule has 1 unspecified atom stereocenters. The topological polar surface area (TPSA) is 86.6 Å². The van der Waals surface area contributed by atoms with Crippen LogP contribution in [0.5, 0.6) is 5.75 Å². The number of nitrogens with one attached hydrogen (secondary N) is 1. The largest absolute Gasteiger partial charge is 0.508 e. The van der Waals surface area contributed by atoms with E-state index in [2.05, 4.69) is 17.9 Å². The molecule has 16 heavy (non-hydrogen) atoms. The van der Waals surface area contributed by atoms with Crippen molar-refractivity contribution in [2.75, 3.05) is 5.75 Å². The SMILES string of the molecule is O=C(NC(CS)C(=O)O)c1cccc(O)c1. The normalized spacial score (nSPS) is 11.8. The number of phenols is 1. The van der Waals surface area contributed by atoms with Crippen molar-refractivity contribution >= 4 is 24.5 Å². The lowest BCUT2D eigenvalue weighted by atomic mass is 10.2. The summed E-state index contributed by atoms with van der Waals surface area (Å²) in [6, 6.07) is 4.61. The summed E-state index contributed by atoms with van der Waals surface area (Å²) >= 11 is 3.82. The number of carboxylic acid groups (broad SMARTS) is 1. The van der Waals surface area contributed by atoms with Crippen molar-refractivity contribution in [1.29, 1.82) is 0 Å². The van der Waals surface area contributed by atoms with Crippen LogP contribution in [-0.2, 0) is 4.79 Å². The number of carbonyl (C=O) groups is 2. The molecule has 0 aliphatic heterocycles. The van der Waals surface area contributed by atoms with Gasteiger partial charge in [0.15, 0.2) is 0 Å². The molecule has 1 amide bonds. The predicted molar refractivity (Wildman–Crippen MR) is 60.8 cm³/mol. The van der Waals surface area contributed by atoms with Crippen molar-refractivity contribution < 1.29 is 19.8 Å². The Hall–Kier alpha value is -1.69. The van der Waals surface area contributed by atoms with E-state index >= 15 is 0 Å². The molecule has 1 atom stereocenters. The van der Waals surface area contributed by atoms with Crippen LogP contribution in [-0.4, -0.2) is 33.9 Å². The fourth-order valence-corrected chi connectivity index (χ4v) is 1.32. The minimum absolute atomic E-state index is 0.000110. The van der Waals surface area contributed by atoms with Crippen molar-refractivity contribution in [3.63, 3.8) is 0 Å². The molecule has 0 aliphatic rings. The highest BCUT2D eigenvalue weighted by molar-refractivity contribution is 7.80. The number of rotatable bonds is 4. The van der Waals surface area contributed by atoms with Gasteiger partial charge in [0.25, 0.3) is 5.91 Å². The van der Waals surface area contributed by atoms with Crippen LogP contribution < -0.4 is 5.32 Å². The third-order valence-corrected chi connectivity index (χ3v) is 2.26. The highest BCUT2D eigenvalue weighted by Gasteiger charge is 2.18. The van der Waals surface area contributed by atoms with Gasteiger partial charge in [0.2, 0.25) is 0 Å². The number of aliphatic carboxylic acids is 1. The molecule has 0 heterocycles. The summed E-state index contributed by atoms with van der Waals surface area (Å²) in [5.74, 6) is -1.76. The molecule has 6 heteroatoms. The van der Waals surface area contributed by atoms with E-state index < -0.39 is 17.9 Å². The first-order valence-electron chi connectivity index (χ1n) is 4.48. The number of amides is 1. The van der Waals surface area contributed by atoms with E-state index in [1.807, 2.05) is 0 Å². The van der Waals surface area contributed by atoms with Crippen LogP contribution in [0.25, 0.3) is 0 Å². The van der Waals surface area contributed by atoms with Crippen molar-refractivity contribution in [3.8, 4) is 5.75 Å². The molecule has 1 aromatic rings. The van der Waals surface area contributed by atoms with E-state index in [9.17, 15) is 9.59 Å². The molecule has 1 rings (SSSR count). The maximum atomic E-state index is 11.6. The molecule has 3 N–H and O–H groups in total.